The Bertz CT molecular complexity index is 265. The van der Waals surface area contributed by atoms with Gasteiger partial charge in [-0.15, -0.1) is 0 Å². The molecule has 0 aliphatic carbocycles. The molecule has 0 saturated heterocycles. The lowest BCUT2D eigenvalue weighted by molar-refractivity contribution is 0.866. The molecule has 70 valence electrons. The first kappa shape index (κ1) is 9.90. The molecule has 0 spiro atoms. The van der Waals surface area contributed by atoms with Crippen LogP contribution in [-0.4, -0.2) is 9.97 Å². The molecule has 0 bridgehead atoms. The van der Waals surface area contributed by atoms with Gasteiger partial charge in [0.05, 0.1) is 0 Å². The predicted molar refractivity (Wildman–Crippen MR) is 55.2 cm³/mol. The maximum atomic E-state index is 3.98. The van der Waals surface area contributed by atoms with Gasteiger partial charge in [-0.25, -0.2) is 9.97 Å². The standard InChI is InChI=1S/C11H16N2/c1-3-5-10(4-2)6-11-7-12-9-13-8-11/h6-9H,3-5H2,1-2H3/b10-6-. The van der Waals surface area contributed by atoms with Crippen molar-refractivity contribution in [2.75, 3.05) is 0 Å². The minimum Gasteiger partial charge on any atom is -0.244 e. The number of rotatable bonds is 4. The Labute approximate surface area is 79.7 Å². The molecule has 0 amide bonds. The maximum Gasteiger partial charge on any atom is 0.115 e. The molecule has 1 aromatic rings. The van der Waals surface area contributed by atoms with Crippen molar-refractivity contribution in [3.8, 4) is 0 Å². The van der Waals surface area contributed by atoms with Crippen LogP contribution in [0.2, 0.25) is 0 Å². The van der Waals surface area contributed by atoms with Crippen molar-refractivity contribution < 1.29 is 0 Å². The van der Waals surface area contributed by atoms with E-state index in [0.29, 0.717) is 0 Å². The predicted octanol–water partition coefficient (Wildman–Crippen LogP) is 3.07. The summed E-state index contributed by atoms with van der Waals surface area (Å²) in [7, 11) is 0. The molecule has 1 heterocycles. The Morgan fingerprint density at radius 1 is 1.31 bits per heavy atom. The van der Waals surface area contributed by atoms with Gasteiger partial charge >= 0.3 is 0 Å². The largest absolute Gasteiger partial charge is 0.244 e. The molecule has 0 N–H and O–H groups in total. The third kappa shape index (κ3) is 3.36. The quantitative estimate of drug-likeness (QED) is 0.704. The normalized spacial score (nSPS) is 11.7. The monoisotopic (exact) mass is 176 g/mol. The van der Waals surface area contributed by atoms with Gasteiger partial charge in [-0.05, 0) is 12.8 Å². The first-order valence-electron chi connectivity index (χ1n) is 4.81. The molecule has 1 aromatic heterocycles. The smallest absolute Gasteiger partial charge is 0.115 e. The molecule has 0 aliphatic heterocycles. The fourth-order valence-corrected chi connectivity index (χ4v) is 1.29. The van der Waals surface area contributed by atoms with Crippen LogP contribution in [0, 0.1) is 0 Å². The van der Waals surface area contributed by atoms with Crippen LogP contribution < -0.4 is 0 Å². The Morgan fingerprint density at radius 2 is 2.00 bits per heavy atom. The van der Waals surface area contributed by atoms with Crippen molar-refractivity contribution in [3.05, 3.63) is 29.9 Å². The van der Waals surface area contributed by atoms with Crippen LogP contribution in [0.1, 0.15) is 38.7 Å². The van der Waals surface area contributed by atoms with Crippen LogP contribution >= 0.6 is 0 Å². The van der Waals surface area contributed by atoms with E-state index in [0.717, 1.165) is 12.0 Å². The van der Waals surface area contributed by atoms with Crippen molar-refractivity contribution in [1.82, 2.24) is 9.97 Å². The highest BCUT2D eigenvalue weighted by molar-refractivity contribution is 5.50. The lowest BCUT2D eigenvalue weighted by Gasteiger charge is -2.01. The van der Waals surface area contributed by atoms with Crippen molar-refractivity contribution in [2.45, 2.75) is 33.1 Å². The molecule has 13 heavy (non-hydrogen) atoms. The Balaban J connectivity index is 2.73. The Hall–Kier alpha value is -1.18. The summed E-state index contributed by atoms with van der Waals surface area (Å²) in [6.45, 7) is 4.39. The van der Waals surface area contributed by atoms with E-state index in [1.54, 1.807) is 6.33 Å². The second kappa shape index (κ2) is 5.46. The fourth-order valence-electron chi connectivity index (χ4n) is 1.29. The summed E-state index contributed by atoms with van der Waals surface area (Å²) < 4.78 is 0. The second-order valence-electron chi connectivity index (χ2n) is 3.08. The number of hydrogen-bond acceptors (Lipinski definition) is 2. The maximum absolute atomic E-state index is 3.98. The minimum absolute atomic E-state index is 1.10. The van der Waals surface area contributed by atoms with Crippen molar-refractivity contribution in [2.24, 2.45) is 0 Å². The molecular formula is C11H16N2. The molecule has 0 radical (unpaired) electrons. The fraction of sp³-hybridized carbons (Fsp3) is 0.455. The second-order valence-corrected chi connectivity index (χ2v) is 3.08. The van der Waals surface area contributed by atoms with Gasteiger partial charge in [0.25, 0.3) is 0 Å². The summed E-state index contributed by atoms with van der Waals surface area (Å²) in [5.41, 5.74) is 2.57. The highest BCUT2D eigenvalue weighted by Crippen LogP contribution is 2.13. The van der Waals surface area contributed by atoms with Gasteiger partial charge in [-0.1, -0.05) is 31.9 Å². The number of aromatic nitrogens is 2. The third-order valence-corrected chi connectivity index (χ3v) is 1.98. The Kier molecular flexibility index (Phi) is 4.16. The molecule has 0 aliphatic rings. The van der Waals surface area contributed by atoms with Crippen molar-refractivity contribution >= 4 is 6.08 Å². The first-order chi connectivity index (χ1) is 6.36. The molecule has 0 unspecified atom stereocenters. The number of nitrogens with zero attached hydrogens (tertiary/aromatic N) is 2. The van der Waals surface area contributed by atoms with E-state index in [1.807, 2.05) is 12.4 Å². The van der Waals surface area contributed by atoms with E-state index in [9.17, 15) is 0 Å². The van der Waals surface area contributed by atoms with Gasteiger partial charge in [-0.3, -0.25) is 0 Å². The summed E-state index contributed by atoms with van der Waals surface area (Å²) in [4.78, 5) is 7.95. The van der Waals surface area contributed by atoms with E-state index in [-0.39, 0.29) is 0 Å². The zero-order chi connectivity index (χ0) is 9.52. The summed E-state index contributed by atoms with van der Waals surface area (Å²) >= 11 is 0. The average Bonchev–Trinajstić information content (AvgIpc) is 2.19. The molecule has 0 aromatic carbocycles. The van der Waals surface area contributed by atoms with Crippen LogP contribution in [0.3, 0.4) is 0 Å². The molecule has 0 fully saturated rings. The van der Waals surface area contributed by atoms with Gasteiger partial charge in [-0.2, -0.15) is 0 Å². The Morgan fingerprint density at radius 3 is 2.54 bits per heavy atom. The molecule has 2 nitrogen and oxygen atoms in total. The number of allylic oxidation sites excluding steroid dienone is 1. The van der Waals surface area contributed by atoms with Crippen LogP contribution in [-0.2, 0) is 0 Å². The van der Waals surface area contributed by atoms with Gasteiger partial charge < -0.3 is 0 Å². The lowest BCUT2D eigenvalue weighted by Crippen LogP contribution is -1.83. The summed E-state index contributed by atoms with van der Waals surface area (Å²) in [5.74, 6) is 0. The molecule has 0 atom stereocenters. The summed E-state index contributed by atoms with van der Waals surface area (Å²) in [6, 6.07) is 0. The zero-order valence-corrected chi connectivity index (χ0v) is 8.33. The average molecular weight is 176 g/mol. The van der Waals surface area contributed by atoms with E-state index in [2.05, 4.69) is 29.9 Å². The SMILES string of the molecule is CCC/C(=C\c1cncnc1)CC. The van der Waals surface area contributed by atoms with Crippen molar-refractivity contribution in [1.29, 1.82) is 0 Å². The third-order valence-electron chi connectivity index (χ3n) is 1.98. The van der Waals surface area contributed by atoms with Gasteiger partial charge in [0.15, 0.2) is 0 Å². The first-order valence-corrected chi connectivity index (χ1v) is 4.81. The van der Waals surface area contributed by atoms with Crippen LogP contribution in [0.4, 0.5) is 0 Å². The van der Waals surface area contributed by atoms with Gasteiger partial charge in [0.1, 0.15) is 6.33 Å². The molecule has 2 heteroatoms. The van der Waals surface area contributed by atoms with Crippen molar-refractivity contribution in [3.63, 3.8) is 0 Å². The number of hydrogen-bond donors (Lipinski definition) is 0. The summed E-state index contributed by atoms with van der Waals surface area (Å²) in [6.07, 6.45) is 10.9. The minimum atomic E-state index is 1.10. The van der Waals surface area contributed by atoms with Crippen LogP contribution in [0.25, 0.3) is 6.08 Å². The van der Waals surface area contributed by atoms with E-state index in [1.165, 1.54) is 18.4 Å². The van der Waals surface area contributed by atoms with E-state index >= 15 is 0 Å². The lowest BCUT2D eigenvalue weighted by atomic mass is 10.1. The topological polar surface area (TPSA) is 25.8 Å². The van der Waals surface area contributed by atoms with Gasteiger partial charge in [0, 0.05) is 18.0 Å². The zero-order valence-electron chi connectivity index (χ0n) is 8.33. The molecular weight excluding hydrogens is 160 g/mol. The highest BCUT2D eigenvalue weighted by Gasteiger charge is 1.93. The van der Waals surface area contributed by atoms with Crippen LogP contribution in [0.5, 0.6) is 0 Å². The molecule has 0 saturated carbocycles. The van der Waals surface area contributed by atoms with Gasteiger partial charge in [0.2, 0.25) is 0 Å². The molecule has 1 rings (SSSR count). The van der Waals surface area contributed by atoms with Crippen LogP contribution in [0.15, 0.2) is 24.3 Å². The van der Waals surface area contributed by atoms with E-state index < -0.39 is 0 Å². The highest BCUT2D eigenvalue weighted by atomic mass is 14.8. The summed E-state index contributed by atoms with van der Waals surface area (Å²) in [5, 5.41) is 0. The van der Waals surface area contributed by atoms with E-state index in [4.69, 9.17) is 0 Å².